The smallest absolute Gasteiger partial charge is 0.223 e. The second-order valence-electron chi connectivity index (χ2n) is 4.38. The number of nitrogens with zero attached hydrogens (tertiary/aromatic N) is 3. The van der Waals surface area contributed by atoms with E-state index in [-0.39, 0.29) is 5.91 Å². The first-order chi connectivity index (χ1) is 10.5. The lowest BCUT2D eigenvalue weighted by Crippen LogP contribution is -2.05. The Morgan fingerprint density at radius 2 is 2.14 bits per heavy atom. The zero-order valence-electron chi connectivity index (χ0n) is 11.3. The van der Waals surface area contributed by atoms with Crippen LogP contribution >= 0.6 is 35.2 Å². The number of amides is 1. The maximum absolute atomic E-state index is 11.1. The molecule has 0 atom stereocenters. The van der Waals surface area contributed by atoms with Crippen molar-refractivity contribution in [2.24, 2.45) is 0 Å². The number of hydrogen-bond donors (Lipinski definition) is 2. The normalized spacial score (nSPS) is 10.6. The SMILES string of the molecule is CC(=O)Nc1nc(-c2n[nH]c(=S)n2-c2ccc(Cl)cc2)cs1. The first kappa shape index (κ1) is 14.9. The number of carbonyl (C=O) groups excluding carboxylic acids is 1. The van der Waals surface area contributed by atoms with E-state index in [0.29, 0.717) is 26.4 Å². The van der Waals surface area contributed by atoms with Gasteiger partial charge in [-0.3, -0.25) is 14.5 Å². The molecule has 0 aliphatic heterocycles. The number of rotatable bonds is 3. The van der Waals surface area contributed by atoms with Gasteiger partial charge in [-0.25, -0.2) is 4.98 Å². The predicted molar refractivity (Wildman–Crippen MR) is 89.2 cm³/mol. The summed E-state index contributed by atoms with van der Waals surface area (Å²) >= 11 is 12.5. The lowest BCUT2D eigenvalue weighted by atomic mass is 10.3. The molecule has 2 aromatic heterocycles. The number of carbonyl (C=O) groups is 1. The Morgan fingerprint density at radius 1 is 1.41 bits per heavy atom. The molecule has 1 aromatic carbocycles. The highest BCUT2D eigenvalue weighted by molar-refractivity contribution is 7.71. The average Bonchev–Trinajstić information content (AvgIpc) is 3.06. The lowest BCUT2D eigenvalue weighted by Gasteiger charge is -2.05. The number of H-pyrrole nitrogens is 1. The third kappa shape index (κ3) is 2.94. The van der Waals surface area contributed by atoms with Gasteiger partial charge in [0.25, 0.3) is 0 Å². The van der Waals surface area contributed by atoms with E-state index in [0.717, 1.165) is 5.69 Å². The van der Waals surface area contributed by atoms with E-state index in [1.165, 1.54) is 18.3 Å². The van der Waals surface area contributed by atoms with Gasteiger partial charge >= 0.3 is 0 Å². The fraction of sp³-hybridized carbons (Fsp3) is 0.0769. The summed E-state index contributed by atoms with van der Waals surface area (Å²) in [6, 6.07) is 7.24. The van der Waals surface area contributed by atoms with Crippen LogP contribution < -0.4 is 5.32 Å². The van der Waals surface area contributed by atoms with Crippen molar-refractivity contribution in [2.45, 2.75) is 6.92 Å². The summed E-state index contributed by atoms with van der Waals surface area (Å²) in [6.45, 7) is 1.44. The van der Waals surface area contributed by atoms with Crippen molar-refractivity contribution in [3.8, 4) is 17.2 Å². The van der Waals surface area contributed by atoms with Gasteiger partial charge in [0.05, 0.1) is 5.69 Å². The van der Waals surface area contributed by atoms with Gasteiger partial charge in [-0.2, -0.15) is 5.10 Å². The highest BCUT2D eigenvalue weighted by atomic mass is 35.5. The van der Waals surface area contributed by atoms with Crippen molar-refractivity contribution in [1.82, 2.24) is 19.7 Å². The van der Waals surface area contributed by atoms with Gasteiger partial charge in [0.15, 0.2) is 15.7 Å². The minimum atomic E-state index is -0.169. The molecule has 1 amide bonds. The summed E-state index contributed by atoms with van der Waals surface area (Å²) in [5.74, 6) is 0.401. The maximum Gasteiger partial charge on any atom is 0.223 e. The molecule has 0 saturated heterocycles. The number of aromatic nitrogens is 4. The Bertz CT molecular complexity index is 880. The summed E-state index contributed by atoms with van der Waals surface area (Å²) in [5.41, 5.74) is 1.45. The Kier molecular flexibility index (Phi) is 4.06. The molecular weight excluding hydrogens is 342 g/mol. The first-order valence-electron chi connectivity index (χ1n) is 6.21. The van der Waals surface area contributed by atoms with Gasteiger partial charge in [-0.05, 0) is 36.5 Å². The molecule has 0 fully saturated rings. The van der Waals surface area contributed by atoms with Crippen LogP contribution in [0.1, 0.15) is 6.92 Å². The van der Waals surface area contributed by atoms with Crippen molar-refractivity contribution in [2.75, 3.05) is 5.32 Å². The van der Waals surface area contributed by atoms with Crippen LogP contribution in [0.5, 0.6) is 0 Å². The zero-order valence-corrected chi connectivity index (χ0v) is 13.7. The highest BCUT2D eigenvalue weighted by Gasteiger charge is 2.14. The number of hydrogen-bond acceptors (Lipinski definition) is 5. The Balaban J connectivity index is 2.05. The number of benzene rings is 1. The molecule has 0 saturated carbocycles. The monoisotopic (exact) mass is 351 g/mol. The van der Waals surface area contributed by atoms with Crippen LogP contribution in [-0.2, 0) is 4.79 Å². The largest absolute Gasteiger partial charge is 0.302 e. The summed E-state index contributed by atoms with van der Waals surface area (Å²) in [4.78, 5) is 15.4. The van der Waals surface area contributed by atoms with Gasteiger partial charge in [0.1, 0.15) is 5.69 Å². The third-order valence-electron chi connectivity index (χ3n) is 2.77. The minimum absolute atomic E-state index is 0.169. The molecular formula is C13H10ClN5OS2. The fourth-order valence-corrected chi connectivity index (χ4v) is 2.98. The number of halogens is 1. The molecule has 0 aliphatic carbocycles. The van der Waals surface area contributed by atoms with E-state index in [1.54, 1.807) is 16.7 Å². The molecule has 2 heterocycles. The molecule has 2 N–H and O–H groups in total. The van der Waals surface area contributed by atoms with Crippen LogP contribution in [0.3, 0.4) is 0 Å². The van der Waals surface area contributed by atoms with Gasteiger partial charge in [-0.1, -0.05) is 11.6 Å². The minimum Gasteiger partial charge on any atom is -0.302 e. The molecule has 0 radical (unpaired) electrons. The molecule has 0 bridgehead atoms. The molecule has 0 aliphatic rings. The summed E-state index contributed by atoms with van der Waals surface area (Å²) in [7, 11) is 0. The van der Waals surface area contributed by atoms with Crippen molar-refractivity contribution in [1.29, 1.82) is 0 Å². The topological polar surface area (TPSA) is 75.6 Å². The quantitative estimate of drug-likeness (QED) is 0.706. The standard InChI is InChI=1S/C13H10ClN5OS2/c1-7(20)15-12-16-10(6-22-12)11-17-18-13(21)19(11)9-4-2-8(14)3-5-9/h2-6H,1H3,(H,18,21)(H,15,16,20). The first-order valence-corrected chi connectivity index (χ1v) is 7.88. The van der Waals surface area contributed by atoms with E-state index < -0.39 is 0 Å². The van der Waals surface area contributed by atoms with Crippen molar-refractivity contribution in [3.05, 3.63) is 39.4 Å². The fourth-order valence-electron chi connectivity index (χ4n) is 1.88. The second kappa shape index (κ2) is 5.99. The van der Waals surface area contributed by atoms with E-state index >= 15 is 0 Å². The van der Waals surface area contributed by atoms with Gasteiger partial charge in [0, 0.05) is 17.3 Å². The highest BCUT2D eigenvalue weighted by Crippen LogP contribution is 2.26. The molecule has 0 spiro atoms. The van der Waals surface area contributed by atoms with Crippen LogP contribution in [0.4, 0.5) is 5.13 Å². The van der Waals surface area contributed by atoms with Gasteiger partial charge in [-0.15, -0.1) is 11.3 Å². The third-order valence-corrected chi connectivity index (χ3v) is 4.06. The van der Waals surface area contributed by atoms with Crippen LogP contribution in [0.2, 0.25) is 5.02 Å². The Labute approximate surface area is 139 Å². The predicted octanol–water partition coefficient (Wildman–Crippen LogP) is 3.67. The maximum atomic E-state index is 11.1. The number of nitrogens with one attached hydrogen (secondary N) is 2. The number of thiazole rings is 1. The van der Waals surface area contributed by atoms with E-state index in [1.807, 2.05) is 17.5 Å². The summed E-state index contributed by atoms with van der Waals surface area (Å²) in [6.07, 6.45) is 0. The van der Waals surface area contributed by atoms with Gasteiger partial charge in [0.2, 0.25) is 5.91 Å². The molecule has 9 heteroatoms. The molecule has 112 valence electrons. The van der Waals surface area contributed by atoms with E-state index in [9.17, 15) is 4.79 Å². The van der Waals surface area contributed by atoms with Crippen LogP contribution in [0, 0.1) is 4.77 Å². The zero-order chi connectivity index (χ0) is 15.7. The van der Waals surface area contributed by atoms with Crippen molar-refractivity contribution in [3.63, 3.8) is 0 Å². The Morgan fingerprint density at radius 3 is 2.82 bits per heavy atom. The summed E-state index contributed by atoms with van der Waals surface area (Å²) in [5, 5.41) is 12.6. The lowest BCUT2D eigenvalue weighted by molar-refractivity contribution is -0.114. The van der Waals surface area contributed by atoms with Crippen LogP contribution in [-0.4, -0.2) is 25.7 Å². The molecule has 6 nitrogen and oxygen atoms in total. The molecule has 22 heavy (non-hydrogen) atoms. The van der Waals surface area contributed by atoms with Crippen molar-refractivity contribution < 1.29 is 4.79 Å². The van der Waals surface area contributed by atoms with Gasteiger partial charge < -0.3 is 5.32 Å². The average molecular weight is 352 g/mol. The van der Waals surface area contributed by atoms with Crippen LogP contribution in [0.25, 0.3) is 17.2 Å². The summed E-state index contributed by atoms with van der Waals surface area (Å²) < 4.78 is 2.21. The molecule has 0 unspecified atom stereocenters. The second-order valence-corrected chi connectivity index (χ2v) is 6.06. The molecule has 3 rings (SSSR count). The van der Waals surface area contributed by atoms with Crippen LogP contribution in [0.15, 0.2) is 29.6 Å². The molecule has 3 aromatic rings. The van der Waals surface area contributed by atoms with Crippen molar-refractivity contribution >= 4 is 46.2 Å². The number of aromatic amines is 1. The Hall–Kier alpha value is -2.03. The van der Waals surface area contributed by atoms with E-state index in [4.69, 9.17) is 23.8 Å². The number of anilines is 1. The van der Waals surface area contributed by atoms with E-state index in [2.05, 4.69) is 20.5 Å².